The van der Waals surface area contributed by atoms with E-state index in [2.05, 4.69) is 78.1 Å². The SMILES string of the molecule is Cc1ccc(NN=CC(c2ccccc2)c2ccccc2)cc1. The minimum Gasteiger partial charge on any atom is -0.279 e. The fourth-order valence-electron chi connectivity index (χ4n) is 2.50. The maximum Gasteiger partial charge on any atom is 0.0561 e. The molecule has 1 N–H and O–H groups in total. The van der Waals surface area contributed by atoms with Gasteiger partial charge in [-0.25, -0.2) is 0 Å². The molecule has 3 rings (SSSR count). The summed E-state index contributed by atoms with van der Waals surface area (Å²) in [6, 6.07) is 29.1. The van der Waals surface area contributed by atoms with Crippen LogP contribution in [0.2, 0.25) is 0 Å². The van der Waals surface area contributed by atoms with Crippen molar-refractivity contribution in [2.24, 2.45) is 5.10 Å². The average molecular weight is 300 g/mol. The molecule has 2 nitrogen and oxygen atoms in total. The molecule has 0 heterocycles. The Hall–Kier alpha value is -2.87. The van der Waals surface area contributed by atoms with Crippen LogP contribution in [0.3, 0.4) is 0 Å². The van der Waals surface area contributed by atoms with Crippen LogP contribution in [0.1, 0.15) is 22.6 Å². The first-order chi connectivity index (χ1) is 11.3. The first kappa shape index (κ1) is 15.0. The zero-order valence-electron chi connectivity index (χ0n) is 13.2. The summed E-state index contributed by atoms with van der Waals surface area (Å²) in [5.41, 5.74) is 7.80. The molecule has 0 atom stereocenters. The Labute approximate surface area is 137 Å². The van der Waals surface area contributed by atoms with Crippen LogP contribution in [0.25, 0.3) is 0 Å². The molecule has 3 aromatic rings. The molecule has 2 heteroatoms. The van der Waals surface area contributed by atoms with E-state index < -0.39 is 0 Å². The summed E-state index contributed by atoms with van der Waals surface area (Å²) in [7, 11) is 0. The van der Waals surface area contributed by atoms with Crippen LogP contribution in [0.4, 0.5) is 5.69 Å². The molecule has 0 fully saturated rings. The third-order valence-electron chi connectivity index (χ3n) is 3.79. The van der Waals surface area contributed by atoms with Crippen LogP contribution in [-0.4, -0.2) is 6.21 Å². The van der Waals surface area contributed by atoms with Crippen LogP contribution in [0.15, 0.2) is 90.0 Å². The van der Waals surface area contributed by atoms with Crippen LogP contribution in [-0.2, 0) is 0 Å². The molecule has 3 aromatic carbocycles. The first-order valence-corrected chi connectivity index (χ1v) is 7.79. The van der Waals surface area contributed by atoms with E-state index >= 15 is 0 Å². The van der Waals surface area contributed by atoms with E-state index in [1.54, 1.807) is 0 Å². The molecular formula is C21H20N2. The summed E-state index contributed by atoms with van der Waals surface area (Å²) in [5.74, 6) is 0.135. The number of nitrogens with one attached hydrogen (secondary N) is 1. The van der Waals surface area contributed by atoms with E-state index in [4.69, 9.17) is 0 Å². The lowest BCUT2D eigenvalue weighted by Crippen LogP contribution is -2.04. The average Bonchev–Trinajstić information content (AvgIpc) is 2.62. The van der Waals surface area contributed by atoms with Gasteiger partial charge in [0.15, 0.2) is 0 Å². The number of hydrazone groups is 1. The number of hydrogen-bond donors (Lipinski definition) is 1. The standard InChI is InChI=1S/C21H20N2/c1-17-12-14-20(15-13-17)23-22-16-21(18-8-4-2-5-9-18)19-10-6-3-7-11-19/h2-16,21,23H,1H3. The molecule has 0 aliphatic heterocycles. The largest absolute Gasteiger partial charge is 0.279 e. The number of benzene rings is 3. The van der Waals surface area contributed by atoms with Gasteiger partial charge < -0.3 is 0 Å². The number of anilines is 1. The van der Waals surface area contributed by atoms with Crippen molar-refractivity contribution in [2.75, 3.05) is 5.43 Å². The Balaban J connectivity index is 1.81. The lowest BCUT2D eigenvalue weighted by Gasteiger charge is -2.13. The molecule has 0 saturated carbocycles. The van der Waals surface area contributed by atoms with Gasteiger partial charge in [-0.3, -0.25) is 5.43 Å². The molecule has 0 amide bonds. The highest BCUT2D eigenvalue weighted by molar-refractivity contribution is 5.73. The second-order valence-electron chi connectivity index (χ2n) is 5.56. The fraction of sp³-hybridized carbons (Fsp3) is 0.0952. The van der Waals surface area contributed by atoms with Gasteiger partial charge in [0.05, 0.1) is 5.69 Å². The first-order valence-electron chi connectivity index (χ1n) is 7.79. The van der Waals surface area contributed by atoms with E-state index in [1.807, 2.05) is 30.5 Å². The van der Waals surface area contributed by atoms with Crippen molar-refractivity contribution < 1.29 is 0 Å². The normalized spacial score (nSPS) is 11.0. The highest BCUT2D eigenvalue weighted by Gasteiger charge is 2.10. The Morgan fingerprint density at radius 2 is 1.26 bits per heavy atom. The highest BCUT2D eigenvalue weighted by Crippen LogP contribution is 2.22. The van der Waals surface area contributed by atoms with Gasteiger partial charge >= 0.3 is 0 Å². The van der Waals surface area contributed by atoms with Gasteiger partial charge in [0.2, 0.25) is 0 Å². The molecule has 23 heavy (non-hydrogen) atoms. The van der Waals surface area contributed by atoms with Crippen molar-refractivity contribution >= 4 is 11.9 Å². The Bertz CT molecular complexity index is 707. The van der Waals surface area contributed by atoms with Crippen molar-refractivity contribution in [3.63, 3.8) is 0 Å². The molecular weight excluding hydrogens is 280 g/mol. The van der Waals surface area contributed by atoms with Gasteiger partial charge in [0, 0.05) is 12.1 Å². The second-order valence-corrected chi connectivity index (χ2v) is 5.56. The zero-order chi connectivity index (χ0) is 15.9. The molecule has 0 unspecified atom stereocenters. The lowest BCUT2D eigenvalue weighted by atomic mass is 9.92. The van der Waals surface area contributed by atoms with Gasteiger partial charge in [0.1, 0.15) is 0 Å². The lowest BCUT2D eigenvalue weighted by molar-refractivity contribution is 1.09. The molecule has 0 aliphatic carbocycles. The van der Waals surface area contributed by atoms with Gasteiger partial charge in [-0.1, -0.05) is 78.4 Å². The van der Waals surface area contributed by atoms with Crippen molar-refractivity contribution in [2.45, 2.75) is 12.8 Å². The summed E-state index contributed by atoms with van der Waals surface area (Å²) >= 11 is 0. The van der Waals surface area contributed by atoms with Crippen LogP contribution >= 0.6 is 0 Å². The minimum absolute atomic E-state index is 0.135. The number of hydrogen-bond acceptors (Lipinski definition) is 2. The van der Waals surface area contributed by atoms with E-state index in [1.165, 1.54) is 16.7 Å². The van der Waals surface area contributed by atoms with Gasteiger partial charge in [0.25, 0.3) is 0 Å². The maximum absolute atomic E-state index is 4.45. The molecule has 0 saturated heterocycles. The van der Waals surface area contributed by atoms with Crippen molar-refractivity contribution in [3.8, 4) is 0 Å². The van der Waals surface area contributed by atoms with E-state index in [-0.39, 0.29) is 5.92 Å². The monoisotopic (exact) mass is 300 g/mol. The predicted octanol–water partition coefficient (Wildman–Crippen LogP) is 5.22. The minimum atomic E-state index is 0.135. The van der Waals surface area contributed by atoms with Crippen molar-refractivity contribution in [3.05, 3.63) is 102 Å². The third kappa shape index (κ3) is 4.07. The second kappa shape index (κ2) is 7.41. The van der Waals surface area contributed by atoms with Crippen molar-refractivity contribution in [1.29, 1.82) is 0 Å². The topological polar surface area (TPSA) is 24.4 Å². The molecule has 0 spiro atoms. The number of nitrogens with zero attached hydrogens (tertiary/aromatic N) is 1. The quantitative estimate of drug-likeness (QED) is 0.506. The summed E-state index contributed by atoms with van der Waals surface area (Å²) in [6.45, 7) is 2.08. The molecule has 0 bridgehead atoms. The predicted molar refractivity (Wildman–Crippen MR) is 98.0 cm³/mol. The van der Waals surface area contributed by atoms with Crippen LogP contribution in [0.5, 0.6) is 0 Å². The Morgan fingerprint density at radius 3 is 1.78 bits per heavy atom. The van der Waals surface area contributed by atoms with Crippen LogP contribution < -0.4 is 5.43 Å². The number of rotatable bonds is 5. The Morgan fingerprint density at radius 1 is 0.739 bits per heavy atom. The fourth-order valence-corrected chi connectivity index (χ4v) is 2.50. The maximum atomic E-state index is 4.45. The summed E-state index contributed by atoms with van der Waals surface area (Å²) in [6.07, 6.45) is 1.96. The Kier molecular flexibility index (Phi) is 4.85. The molecule has 0 aliphatic rings. The van der Waals surface area contributed by atoms with E-state index in [9.17, 15) is 0 Å². The summed E-state index contributed by atoms with van der Waals surface area (Å²) in [5, 5.41) is 4.45. The zero-order valence-corrected chi connectivity index (χ0v) is 13.2. The molecule has 114 valence electrons. The van der Waals surface area contributed by atoms with Crippen molar-refractivity contribution in [1.82, 2.24) is 0 Å². The third-order valence-corrected chi connectivity index (χ3v) is 3.79. The van der Waals surface area contributed by atoms with E-state index in [0.717, 1.165) is 5.69 Å². The van der Waals surface area contributed by atoms with Crippen LogP contribution in [0, 0.1) is 6.92 Å². The summed E-state index contributed by atoms with van der Waals surface area (Å²) < 4.78 is 0. The molecule has 0 radical (unpaired) electrons. The van der Waals surface area contributed by atoms with Gasteiger partial charge in [-0.15, -0.1) is 0 Å². The van der Waals surface area contributed by atoms with Gasteiger partial charge in [-0.05, 0) is 30.2 Å². The molecule has 0 aromatic heterocycles. The highest BCUT2D eigenvalue weighted by atomic mass is 15.3. The van der Waals surface area contributed by atoms with E-state index in [0.29, 0.717) is 0 Å². The number of aryl methyl sites for hydroxylation is 1. The summed E-state index contributed by atoms with van der Waals surface area (Å²) in [4.78, 5) is 0. The smallest absolute Gasteiger partial charge is 0.0561 e. The van der Waals surface area contributed by atoms with Gasteiger partial charge in [-0.2, -0.15) is 5.10 Å².